The Bertz CT molecular complexity index is 1350. The fourth-order valence-electron chi connectivity index (χ4n) is 3.93. The van der Waals surface area contributed by atoms with E-state index in [-0.39, 0.29) is 23.0 Å². The summed E-state index contributed by atoms with van der Waals surface area (Å²) in [6, 6.07) is 14.4. The van der Waals surface area contributed by atoms with Gasteiger partial charge in [0.2, 0.25) is 10.9 Å². The van der Waals surface area contributed by atoms with E-state index < -0.39 is 6.04 Å². The molecule has 31 heavy (non-hydrogen) atoms. The zero-order chi connectivity index (χ0) is 21.7. The summed E-state index contributed by atoms with van der Waals surface area (Å²) < 4.78 is 5.97. The second-order valence-corrected chi connectivity index (χ2v) is 8.91. The lowest BCUT2D eigenvalue weighted by molar-refractivity contribution is 0.0970. The van der Waals surface area contributed by atoms with Crippen molar-refractivity contribution in [2.75, 3.05) is 4.90 Å². The number of aryl methyl sites for hydroxylation is 1. The maximum absolute atomic E-state index is 13.5. The number of benzene rings is 2. The maximum Gasteiger partial charge on any atom is 0.297 e. The van der Waals surface area contributed by atoms with Crippen molar-refractivity contribution in [1.29, 1.82) is 0 Å². The van der Waals surface area contributed by atoms with Gasteiger partial charge in [-0.2, -0.15) is 0 Å². The summed E-state index contributed by atoms with van der Waals surface area (Å²) in [7, 11) is 0. The Morgan fingerprint density at radius 1 is 1.06 bits per heavy atom. The van der Waals surface area contributed by atoms with E-state index in [1.165, 1.54) is 16.9 Å². The number of para-hydroxylation sites is 1. The third kappa shape index (κ3) is 3.08. The SMILES string of the molecule is CCc1ccc(C2c3c(oc4ccccc4c3=O)C(=O)N2c2nnc(C(C)C)s2)cc1. The Labute approximate surface area is 183 Å². The number of rotatable bonds is 4. The van der Waals surface area contributed by atoms with E-state index in [1.807, 2.05) is 38.1 Å². The first-order valence-corrected chi connectivity index (χ1v) is 11.1. The van der Waals surface area contributed by atoms with Crippen LogP contribution in [0.25, 0.3) is 11.0 Å². The van der Waals surface area contributed by atoms with Crippen molar-refractivity contribution in [2.45, 2.75) is 39.2 Å². The first kappa shape index (κ1) is 19.6. The Hall–Kier alpha value is -3.32. The van der Waals surface area contributed by atoms with Gasteiger partial charge in [-0.1, -0.05) is 68.5 Å². The number of hydrogen-bond acceptors (Lipinski definition) is 6. The van der Waals surface area contributed by atoms with Crippen LogP contribution >= 0.6 is 11.3 Å². The van der Waals surface area contributed by atoms with Crippen LogP contribution in [0, 0.1) is 0 Å². The Kier molecular flexibility index (Phi) is 4.70. The Balaban J connectivity index is 1.76. The number of carbonyl (C=O) groups excluding carboxylic acids is 1. The molecular weight excluding hydrogens is 410 g/mol. The molecule has 156 valence electrons. The van der Waals surface area contributed by atoms with Gasteiger partial charge in [-0.25, -0.2) is 0 Å². The van der Waals surface area contributed by atoms with Crippen LogP contribution in [0.1, 0.15) is 65.0 Å². The van der Waals surface area contributed by atoms with Gasteiger partial charge in [0.05, 0.1) is 17.0 Å². The Morgan fingerprint density at radius 3 is 2.48 bits per heavy atom. The highest BCUT2D eigenvalue weighted by Gasteiger charge is 2.45. The highest BCUT2D eigenvalue weighted by molar-refractivity contribution is 7.15. The highest BCUT2D eigenvalue weighted by Crippen LogP contribution is 2.42. The zero-order valence-electron chi connectivity index (χ0n) is 17.5. The average molecular weight is 432 g/mol. The van der Waals surface area contributed by atoms with Crippen LogP contribution in [0.2, 0.25) is 0 Å². The van der Waals surface area contributed by atoms with Gasteiger partial charge in [0.1, 0.15) is 10.6 Å². The molecule has 1 aliphatic rings. The summed E-state index contributed by atoms with van der Waals surface area (Å²) in [6.07, 6.45) is 0.908. The van der Waals surface area contributed by atoms with Crippen LogP contribution in [-0.4, -0.2) is 16.1 Å². The first-order chi connectivity index (χ1) is 15.0. The number of nitrogens with zero attached hydrogens (tertiary/aromatic N) is 3. The minimum atomic E-state index is -0.609. The lowest BCUT2D eigenvalue weighted by Gasteiger charge is -2.22. The van der Waals surface area contributed by atoms with Gasteiger partial charge < -0.3 is 4.42 Å². The number of amides is 1. The number of aromatic nitrogens is 2. The molecule has 2 aromatic heterocycles. The summed E-state index contributed by atoms with van der Waals surface area (Å²) in [4.78, 5) is 28.6. The van der Waals surface area contributed by atoms with Gasteiger partial charge in [-0.3, -0.25) is 14.5 Å². The van der Waals surface area contributed by atoms with Crippen molar-refractivity contribution in [1.82, 2.24) is 10.2 Å². The molecule has 7 heteroatoms. The molecule has 0 fully saturated rings. The van der Waals surface area contributed by atoms with E-state index in [2.05, 4.69) is 17.1 Å². The molecule has 1 aliphatic heterocycles. The van der Waals surface area contributed by atoms with Crippen LogP contribution in [0.3, 0.4) is 0 Å². The van der Waals surface area contributed by atoms with E-state index in [0.717, 1.165) is 17.0 Å². The van der Waals surface area contributed by atoms with E-state index >= 15 is 0 Å². The molecule has 0 radical (unpaired) electrons. The van der Waals surface area contributed by atoms with Gasteiger partial charge in [-0.15, -0.1) is 10.2 Å². The molecule has 0 spiro atoms. The minimum Gasteiger partial charge on any atom is -0.450 e. The van der Waals surface area contributed by atoms with Gasteiger partial charge in [0, 0.05) is 5.92 Å². The predicted octanol–water partition coefficient (Wildman–Crippen LogP) is 5.08. The molecule has 0 saturated heterocycles. The molecule has 6 nitrogen and oxygen atoms in total. The molecule has 0 N–H and O–H groups in total. The predicted molar refractivity (Wildman–Crippen MR) is 121 cm³/mol. The molecule has 1 unspecified atom stereocenters. The normalized spacial score (nSPS) is 15.8. The van der Waals surface area contributed by atoms with Crippen molar-refractivity contribution in [3.05, 3.63) is 86.2 Å². The molecule has 1 atom stereocenters. The topological polar surface area (TPSA) is 76.3 Å². The van der Waals surface area contributed by atoms with E-state index in [1.54, 1.807) is 29.2 Å². The fourth-order valence-corrected chi connectivity index (χ4v) is 4.80. The third-order valence-corrected chi connectivity index (χ3v) is 6.83. The monoisotopic (exact) mass is 431 g/mol. The highest BCUT2D eigenvalue weighted by atomic mass is 32.1. The quantitative estimate of drug-likeness (QED) is 0.450. The van der Waals surface area contributed by atoms with Gasteiger partial charge in [0.15, 0.2) is 5.43 Å². The van der Waals surface area contributed by atoms with E-state index in [9.17, 15) is 9.59 Å². The van der Waals surface area contributed by atoms with Crippen LogP contribution in [0.4, 0.5) is 5.13 Å². The molecule has 0 saturated carbocycles. The standard InChI is InChI=1S/C24H21N3O3S/c1-4-14-9-11-15(12-10-14)19-18-20(28)16-7-5-6-8-17(16)30-21(18)23(29)27(19)24-26-25-22(31-24)13(2)3/h5-13,19H,4H2,1-3H3. The molecule has 0 bridgehead atoms. The summed E-state index contributed by atoms with van der Waals surface area (Å²) >= 11 is 1.37. The molecule has 5 rings (SSSR count). The second kappa shape index (κ2) is 7.42. The van der Waals surface area contributed by atoms with Crippen molar-refractivity contribution in [3.8, 4) is 0 Å². The molecule has 1 amide bonds. The van der Waals surface area contributed by atoms with E-state index in [4.69, 9.17) is 4.42 Å². The smallest absolute Gasteiger partial charge is 0.297 e. The van der Waals surface area contributed by atoms with Crippen LogP contribution in [0.15, 0.2) is 57.7 Å². The van der Waals surface area contributed by atoms with E-state index in [0.29, 0.717) is 21.7 Å². The lowest BCUT2D eigenvalue weighted by atomic mass is 9.97. The van der Waals surface area contributed by atoms with Crippen LogP contribution in [-0.2, 0) is 6.42 Å². The summed E-state index contributed by atoms with van der Waals surface area (Å²) in [5, 5.41) is 10.3. The first-order valence-electron chi connectivity index (χ1n) is 10.3. The van der Waals surface area contributed by atoms with Gasteiger partial charge in [-0.05, 0) is 29.7 Å². The number of hydrogen-bond donors (Lipinski definition) is 0. The second-order valence-electron chi connectivity index (χ2n) is 7.92. The molecule has 3 heterocycles. The molecular formula is C24H21N3O3S. The third-order valence-electron chi connectivity index (χ3n) is 5.61. The molecule has 4 aromatic rings. The van der Waals surface area contributed by atoms with Crippen molar-refractivity contribution in [3.63, 3.8) is 0 Å². The largest absolute Gasteiger partial charge is 0.450 e. The summed E-state index contributed by atoms with van der Waals surface area (Å²) in [5.74, 6) is -0.0978. The van der Waals surface area contributed by atoms with Crippen molar-refractivity contribution in [2.24, 2.45) is 0 Å². The number of carbonyl (C=O) groups is 1. The van der Waals surface area contributed by atoms with Crippen LogP contribution < -0.4 is 10.3 Å². The molecule has 0 aliphatic carbocycles. The van der Waals surface area contributed by atoms with Gasteiger partial charge >= 0.3 is 0 Å². The zero-order valence-corrected chi connectivity index (χ0v) is 18.3. The fraction of sp³-hybridized carbons (Fsp3) is 0.250. The summed E-state index contributed by atoms with van der Waals surface area (Å²) in [6.45, 7) is 6.15. The Morgan fingerprint density at radius 2 is 1.81 bits per heavy atom. The minimum absolute atomic E-state index is 0.0783. The summed E-state index contributed by atoms with van der Waals surface area (Å²) in [5.41, 5.74) is 2.60. The van der Waals surface area contributed by atoms with Gasteiger partial charge in [0.25, 0.3) is 5.91 Å². The average Bonchev–Trinajstić information content (AvgIpc) is 3.38. The number of anilines is 1. The van der Waals surface area contributed by atoms with Crippen LogP contribution in [0.5, 0.6) is 0 Å². The lowest BCUT2D eigenvalue weighted by Crippen LogP contribution is -2.29. The maximum atomic E-state index is 13.5. The molecule has 2 aromatic carbocycles. The number of fused-ring (bicyclic) bond motifs is 2. The van der Waals surface area contributed by atoms with Crippen molar-refractivity contribution >= 4 is 33.3 Å². The van der Waals surface area contributed by atoms with Crippen molar-refractivity contribution < 1.29 is 9.21 Å².